The first kappa shape index (κ1) is 15.6. The fraction of sp³-hybridized carbons (Fsp3) is 0.545. The van der Waals surface area contributed by atoms with Crippen molar-refractivity contribution >= 4 is 23.3 Å². The standard InChI is InChI=1S/C11H17N5O4/c1-5(2)4-6(10(17)18)13-9-7(16-19)8(12)14-11(15-9)20-3/h5-6H,4H2,1-3H3,(H,17,18)(H3,12,13,14,15). The third kappa shape index (κ3) is 3.77. The molecule has 0 aliphatic rings. The van der Waals surface area contributed by atoms with Crippen LogP contribution in [0.5, 0.6) is 6.01 Å². The number of aliphatic carboxylic acids is 1. The van der Waals surface area contributed by atoms with Gasteiger partial charge in [-0.3, -0.25) is 0 Å². The summed E-state index contributed by atoms with van der Waals surface area (Å²) >= 11 is 0. The lowest BCUT2D eigenvalue weighted by Gasteiger charge is -2.18. The van der Waals surface area contributed by atoms with Crippen LogP contribution in [0.2, 0.25) is 0 Å². The van der Waals surface area contributed by atoms with Crippen molar-refractivity contribution in [3.63, 3.8) is 0 Å². The van der Waals surface area contributed by atoms with Crippen molar-refractivity contribution in [2.75, 3.05) is 18.2 Å². The highest BCUT2D eigenvalue weighted by Crippen LogP contribution is 2.31. The van der Waals surface area contributed by atoms with Gasteiger partial charge in [-0.15, -0.1) is 4.91 Å². The van der Waals surface area contributed by atoms with Crippen molar-refractivity contribution in [1.82, 2.24) is 9.97 Å². The van der Waals surface area contributed by atoms with E-state index in [0.29, 0.717) is 6.42 Å². The van der Waals surface area contributed by atoms with Crippen LogP contribution >= 0.6 is 0 Å². The topological polar surface area (TPSA) is 140 Å². The molecule has 1 aromatic heterocycles. The zero-order valence-electron chi connectivity index (χ0n) is 11.5. The van der Waals surface area contributed by atoms with E-state index < -0.39 is 12.0 Å². The molecule has 0 saturated heterocycles. The Labute approximate surface area is 115 Å². The van der Waals surface area contributed by atoms with Gasteiger partial charge < -0.3 is 20.9 Å². The third-order valence-electron chi connectivity index (χ3n) is 2.48. The van der Waals surface area contributed by atoms with Gasteiger partial charge in [0.1, 0.15) is 6.04 Å². The first-order chi connectivity index (χ1) is 9.38. The summed E-state index contributed by atoms with van der Waals surface area (Å²) in [5.74, 6) is -1.16. The smallest absolute Gasteiger partial charge is 0.326 e. The quantitative estimate of drug-likeness (QED) is 0.637. The highest BCUT2D eigenvalue weighted by atomic mass is 16.5. The molecule has 9 heteroatoms. The van der Waals surface area contributed by atoms with Crippen LogP contribution in [0.1, 0.15) is 20.3 Å². The molecule has 9 nitrogen and oxygen atoms in total. The van der Waals surface area contributed by atoms with Gasteiger partial charge in [-0.2, -0.15) is 9.97 Å². The SMILES string of the molecule is COc1nc(N)c(N=O)c(NC(CC(C)C)C(=O)O)n1. The fourth-order valence-electron chi connectivity index (χ4n) is 1.59. The van der Waals surface area contributed by atoms with Gasteiger partial charge in [0.15, 0.2) is 17.3 Å². The second-order valence-electron chi connectivity index (χ2n) is 4.55. The van der Waals surface area contributed by atoms with Gasteiger partial charge in [-0.05, 0) is 17.5 Å². The van der Waals surface area contributed by atoms with Crippen LogP contribution in [0.4, 0.5) is 17.3 Å². The summed E-state index contributed by atoms with van der Waals surface area (Å²) in [5, 5.41) is 14.5. The molecule has 0 spiro atoms. The Bertz CT molecular complexity index is 506. The Balaban J connectivity index is 3.13. The zero-order valence-corrected chi connectivity index (χ0v) is 11.5. The van der Waals surface area contributed by atoms with Crippen molar-refractivity contribution in [1.29, 1.82) is 0 Å². The maximum Gasteiger partial charge on any atom is 0.326 e. The molecule has 0 aromatic carbocycles. The van der Waals surface area contributed by atoms with Crippen LogP contribution < -0.4 is 15.8 Å². The second-order valence-corrected chi connectivity index (χ2v) is 4.55. The zero-order chi connectivity index (χ0) is 15.3. The summed E-state index contributed by atoms with van der Waals surface area (Å²) < 4.78 is 4.82. The molecule has 0 aliphatic carbocycles. The predicted molar refractivity (Wildman–Crippen MR) is 73.0 cm³/mol. The number of ether oxygens (including phenoxy) is 1. The number of nitrogen functional groups attached to an aromatic ring is 1. The Morgan fingerprint density at radius 3 is 2.60 bits per heavy atom. The van der Waals surface area contributed by atoms with E-state index in [4.69, 9.17) is 15.6 Å². The van der Waals surface area contributed by atoms with E-state index in [0.717, 1.165) is 0 Å². The highest BCUT2D eigenvalue weighted by Gasteiger charge is 2.23. The van der Waals surface area contributed by atoms with Gasteiger partial charge in [0, 0.05) is 0 Å². The highest BCUT2D eigenvalue weighted by molar-refractivity contribution is 5.80. The summed E-state index contributed by atoms with van der Waals surface area (Å²) in [5.41, 5.74) is 5.31. The van der Waals surface area contributed by atoms with E-state index in [-0.39, 0.29) is 29.3 Å². The van der Waals surface area contributed by atoms with E-state index in [1.807, 2.05) is 13.8 Å². The van der Waals surface area contributed by atoms with Crippen LogP contribution in [0.25, 0.3) is 0 Å². The molecule has 0 fully saturated rings. The maximum atomic E-state index is 11.2. The number of methoxy groups -OCH3 is 1. The number of nitroso groups, excluding NO2 is 1. The molecule has 1 atom stereocenters. The lowest BCUT2D eigenvalue weighted by Crippen LogP contribution is -2.31. The van der Waals surface area contributed by atoms with Gasteiger partial charge in [-0.25, -0.2) is 4.79 Å². The van der Waals surface area contributed by atoms with E-state index in [9.17, 15) is 9.70 Å². The summed E-state index contributed by atoms with van der Waals surface area (Å²) in [4.78, 5) is 29.6. The first-order valence-electron chi connectivity index (χ1n) is 5.93. The summed E-state index contributed by atoms with van der Waals surface area (Å²) in [7, 11) is 1.33. The molecule has 1 aromatic rings. The van der Waals surface area contributed by atoms with E-state index in [2.05, 4.69) is 20.5 Å². The van der Waals surface area contributed by atoms with Gasteiger partial charge in [0.25, 0.3) is 0 Å². The van der Waals surface area contributed by atoms with Gasteiger partial charge in [0.2, 0.25) is 0 Å². The molecule has 20 heavy (non-hydrogen) atoms. The van der Waals surface area contributed by atoms with E-state index in [1.165, 1.54) is 7.11 Å². The van der Waals surface area contributed by atoms with Crippen LogP contribution in [-0.2, 0) is 4.79 Å². The van der Waals surface area contributed by atoms with Gasteiger partial charge >= 0.3 is 12.0 Å². The molecule has 0 bridgehead atoms. The van der Waals surface area contributed by atoms with Crippen molar-refractivity contribution in [3.05, 3.63) is 4.91 Å². The Kier molecular flexibility index (Phi) is 5.18. The number of nitrogens with zero attached hydrogens (tertiary/aromatic N) is 3. The van der Waals surface area contributed by atoms with Crippen molar-refractivity contribution < 1.29 is 14.6 Å². The Morgan fingerprint density at radius 2 is 2.15 bits per heavy atom. The molecule has 1 rings (SSSR count). The lowest BCUT2D eigenvalue weighted by molar-refractivity contribution is -0.138. The maximum absolute atomic E-state index is 11.2. The molecular formula is C11H17N5O4. The van der Waals surface area contributed by atoms with Gasteiger partial charge in [-0.1, -0.05) is 13.8 Å². The largest absolute Gasteiger partial charge is 0.480 e. The number of carboxylic acids is 1. The number of anilines is 2. The molecule has 1 heterocycles. The molecule has 0 aliphatic heterocycles. The molecule has 0 saturated carbocycles. The predicted octanol–water partition coefficient (Wildman–Crippen LogP) is 1.38. The molecular weight excluding hydrogens is 266 g/mol. The Morgan fingerprint density at radius 1 is 1.50 bits per heavy atom. The van der Waals surface area contributed by atoms with Gasteiger partial charge in [0.05, 0.1) is 7.11 Å². The van der Waals surface area contributed by atoms with Crippen molar-refractivity contribution in [2.24, 2.45) is 11.1 Å². The lowest BCUT2D eigenvalue weighted by atomic mass is 10.0. The monoisotopic (exact) mass is 283 g/mol. The molecule has 0 radical (unpaired) electrons. The van der Waals surface area contributed by atoms with Crippen molar-refractivity contribution in [2.45, 2.75) is 26.3 Å². The normalized spacial score (nSPS) is 12.0. The van der Waals surface area contributed by atoms with E-state index >= 15 is 0 Å². The minimum Gasteiger partial charge on any atom is -0.480 e. The number of aromatic nitrogens is 2. The first-order valence-corrected chi connectivity index (χ1v) is 5.93. The summed E-state index contributed by atoms with van der Waals surface area (Å²) in [6.45, 7) is 3.76. The number of hydrogen-bond acceptors (Lipinski definition) is 8. The van der Waals surface area contributed by atoms with Crippen LogP contribution in [0.3, 0.4) is 0 Å². The number of carboxylic acid groups (broad SMARTS) is 1. The number of nitrogens with two attached hydrogens (primary N) is 1. The average molecular weight is 283 g/mol. The minimum atomic E-state index is -1.06. The summed E-state index contributed by atoms with van der Waals surface area (Å²) in [6.07, 6.45) is 0.347. The van der Waals surface area contributed by atoms with Crippen LogP contribution in [0.15, 0.2) is 5.18 Å². The molecule has 110 valence electrons. The summed E-state index contributed by atoms with van der Waals surface area (Å²) in [6, 6.07) is -0.999. The number of hydrogen-bond donors (Lipinski definition) is 3. The third-order valence-corrected chi connectivity index (χ3v) is 2.48. The average Bonchev–Trinajstić information content (AvgIpc) is 2.36. The Hall–Kier alpha value is -2.45. The number of rotatable bonds is 7. The number of carbonyl (C=O) groups is 1. The van der Waals surface area contributed by atoms with Crippen LogP contribution in [0, 0.1) is 10.8 Å². The molecule has 1 unspecified atom stereocenters. The van der Waals surface area contributed by atoms with E-state index in [1.54, 1.807) is 0 Å². The van der Waals surface area contributed by atoms with Crippen molar-refractivity contribution in [3.8, 4) is 6.01 Å². The second kappa shape index (κ2) is 6.64. The molecule has 4 N–H and O–H groups in total. The fourth-order valence-corrected chi connectivity index (χ4v) is 1.59. The number of nitrogens with one attached hydrogen (secondary N) is 1. The minimum absolute atomic E-state index is 0.0580. The molecule has 0 amide bonds. The van der Waals surface area contributed by atoms with Crippen LogP contribution in [-0.4, -0.2) is 34.2 Å².